The predicted molar refractivity (Wildman–Crippen MR) is 86.1 cm³/mol. The molecule has 22 heavy (non-hydrogen) atoms. The number of hydrogen-bond acceptors (Lipinski definition) is 3. The van der Waals surface area contributed by atoms with Gasteiger partial charge in [-0.25, -0.2) is 4.39 Å². The molecule has 0 aliphatic heterocycles. The second-order valence-corrected chi connectivity index (χ2v) is 5.91. The van der Waals surface area contributed by atoms with E-state index in [-0.39, 0.29) is 17.4 Å². The van der Waals surface area contributed by atoms with E-state index in [2.05, 4.69) is 5.32 Å². The Morgan fingerprint density at radius 3 is 2.73 bits per heavy atom. The summed E-state index contributed by atoms with van der Waals surface area (Å²) in [5.74, 6) is -0.310. The Labute approximate surface area is 133 Å². The molecule has 0 fully saturated rings. The lowest BCUT2D eigenvalue weighted by atomic mass is 10.1. The Hall–Kier alpha value is -2.32. The van der Waals surface area contributed by atoms with Crippen molar-refractivity contribution < 1.29 is 9.18 Å². The highest BCUT2D eigenvalue weighted by molar-refractivity contribution is 7.99. The molecule has 0 heterocycles. The van der Waals surface area contributed by atoms with Crippen LogP contribution in [0.15, 0.2) is 53.4 Å². The maximum Gasteiger partial charge on any atom is 0.228 e. The van der Waals surface area contributed by atoms with Gasteiger partial charge in [-0.3, -0.25) is 4.79 Å². The molecule has 2 aromatic rings. The molecule has 0 aliphatic rings. The summed E-state index contributed by atoms with van der Waals surface area (Å²) in [7, 11) is 0. The van der Waals surface area contributed by atoms with Crippen molar-refractivity contribution in [2.75, 3.05) is 11.1 Å². The van der Waals surface area contributed by atoms with Crippen LogP contribution >= 0.6 is 11.8 Å². The Kier molecular flexibility index (Phi) is 5.56. The molecule has 1 N–H and O–H groups in total. The molecule has 1 amide bonds. The Morgan fingerprint density at radius 1 is 1.32 bits per heavy atom. The number of carbonyl (C=O) groups is 1. The van der Waals surface area contributed by atoms with Gasteiger partial charge < -0.3 is 5.32 Å². The number of nitrogens with zero attached hydrogens (tertiary/aromatic N) is 1. The lowest BCUT2D eigenvalue weighted by Crippen LogP contribution is -2.22. The fraction of sp³-hybridized carbons (Fsp3) is 0.176. The van der Waals surface area contributed by atoms with Gasteiger partial charge in [-0.05, 0) is 30.3 Å². The minimum atomic E-state index is -0.590. The Morgan fingerprint density at radius 2 is 2.05 bits per heavy atom. The van der Waals surface area contributed by atoms with Gasteiger partial charge in [0.1, 0.15) is 11.9 Å². The van der Waals surface area contributed by atoms with Gasteiger partial charge in [-0.1, -0.05) is 25.1 Å². The highest BCUT2D eigenvalue weighted by Gasteiger charge is 2.14. The molecule has 0 spiro atoms. The number of benzene rings is 2. The summed E-state index contributed by atoms with van der Waals surface area (Å²) in [6.45, 7) is 1.83. The monoisotopic (exact) mass is 314 g/mol. The van der Waals surface area contributed by atoms with Gasteiger partial charge in [0.2, 0.25) is 5.91 Å². The Bertz CT molecular complexity index is 698. The number of amides is 1. The number of anilines is 1. The number of nitriles is 1. The van der Waals surface area contributed by atoms with E-state index >= 15 is 0 Å². The summed E-state index contributed by atoms with van der Waals surface area (Å²) in [6, 6.07) is 15.6. The van der Waals surface area contributed by atoms with Crippen LogP contribution < -0.4 is 5.32 Å². The summed E-state index contributed by atoms with van der Waals surface area (Å²) >= 11 is 1.60. The zero-order valence-corrected chi connectivity index (χ0v) is 12.9. The first-order chi connectivity index (χ1) is 10.6. The number of rotatable bonds is 5. The van der Waals surface area contributed by atoms with Crippen LogP contribution in [-0.4, -0.2) is 11.7 Å². The molecular formula is C17H15FN2OS. The van der Waals surface area contributed by atoms with Crippen LogP contribution in [0.5, 0.6) is 0 Å². The number of carbonyl (C=O) groups excluding carboxylic acids is 1. The smallest absolute Gasteiger partial charge is 0.228 e. The lowest BCUT2D eigenvalue weighted by molar-refractivity contribution is -0.118. The van der Waals surface area contributed by atoms with E-state index in [0.29, 0.717) is 11.4 Å². The second kappa shape index (κ2) is 7.62. The van der Waals surface area contributed by atoms with Crippen LogP contribution in [0, 0.1) is 23.1 Å². The molecule has 112 valence electrons. The van der Waals surface area contributed by atoms with Crippen molar-refractivity contribution in [1.82, 2.24) is 0 Å². The first-order valence-electron chi connectivity index (χ1n) is 6.78. The van der Waals surface area contributed by atoms with Gasteiger partial charge in [-0.15, -0.1) is 11.8 Å². The summed E-state index contributed by atoms with van der Waals surface area (Å²) in [5.41, 5.74) is 0.351. The highest BCUT2D eigenvalue weighted by Crippen LogP contribution is 2.21. The van der Waals surface area contributed by atoms with Crippen molar-refractivity contribution >= 4 is 23.4 Å². The second-order valence-electron chi connectivity index (χ2n) is 4.82. The molecule has 1 unspecified atom stereocenters. The molecule has 0 saturated heterocycles. The fourth-order valence-corrected chi connectivity index (χ4v) is 2.71. The van der Waals surface area contributed by atoms with E-state index in [9.17, 15) is 9.18 Å². The van der Waals surface area contributed by atoms with Crippen molar-refractivity contribution in [3.05, 3.63) is 59.9 Å². The number of hydrogen-bond donors (Lipinski definition) is 1. The molecule has 0 radical (unpaired) electrons. The first-order valence-corrected chi connectivity index (χ1v) is 7.77. The third-order valence-corrected chi connectivity index (χ3v) is 4.32. The van der Waals surface area contributed by atoms with Gasteiger partial charge in [0.15, 0.2) is 0 Å². The summed E-state index contributed by atoms with van der Waals surface area (Å²) < 4.78 is 13.2. The van der Waals surface area contributed by atoms with Crippen molar-refractivity contribution in [1.29, 1.82) is 5.26 Å². The van der Waals surface area contributed by atoms with Gasteiger partial charge in [0.25, 0.3) is 0 Å². The average molecular weight is 314 g/mol. The summed E-state index contributed by atoms with van der Waals surface area (Å²) in [6.07, 6.45) is 0. The van der Waals surface area contributed by atoms with E-state index < -0.39 is 5.82 Å². The lowest BCUT2D eigenvalue weighted by Gasteiger charge is -2.12. The van der Waals surface area contributed by atoms with Crippen LogP contribution in [0.25, 0.3) is 0 Å². The highest BCUT2D eigenvalue weighted by atomic mass is 32.2. The normalized spacial score (nSPS) is 11.5. The number of halogens is 1. The van der Waals surface area contributed by atoms with Crippen LogP contribution in [0.3, 0.4) is 0 Å². The maximum absolute atomic E-state index is 13.2. The average Bonchev–Trinajstić information content (AvgIpc) is 2.55. The van der Waals surface area contributed by atoms with Gasteiger partial charge in [0.05, 0.1) is 5.56 Å². The van der Waals surface area contributed by atoms with E-state index in [0.717, 1.165) is 4.90 Å². The third-order valence-electron chi connectivity index (χ3n) is 3.05. The molecular weight excluding hydrogens is 299 g/mol. The van der Waals surface area contributed by atoms with Crippen molar-refractivity contribution in [3.8, 4) is 6.07 Å². The maximum atomic E-state index is 13.2. The zero-order valence-electron chi connectivity index (χ0n) is 12.0. The van der Waals surface area contributed by atoms with E-state index in [4.69, 9.17) is 5.26 Å². The molecule has 2 aromatic carbocycles. The molecule has 0 aromatic heterocycles. The Balaban J connectivity index is 1.93. The van der Waals surface area contributed by atoms with Crippen molar-refractivity contribution in [2.24, 2.45) is 5.92 Å². The van der Waals surface area contributed by atoms with E-state index in [1.165, 1.54) is 18.2 Å². The van der Waals surface area contributed by atoms with Crippen LogP contribution in [-0.2, 0) is 4.79 Å². The SMILES string of the molecule is CC(CSc1ccccc1)C(=O)Nc1ccc(F)c(C#N)c1. The van der Waals surface area contributed by atoms with Crippen molar-refractivity contribution in [3.63, 3.8) is 0 Å². The standard InChI is InChI=1S/C17H15FN2OS/c1-12(11-22-15-5-3-2-4-6-15)17(21)20-14-7-8-16(18)13(9-14)10-19/h2-9,12H,11H2,1H3,(H,20,21). The van der Waals surface area contributed by atoms with Gasteiger partial charge >= 0.3 is 0 Å². The third kappa shape index (κ3) is 4.34. The molecule has 0 saturated carbocycles. The van der Waals surface area contributed by atoms with Crippen LogP contribution in [0.2, 0.25) is 0 Å². The van der Waals surface area contributed by atoms with Gasteiger partial charge in [0, 0.05) is 22.3 Å². The van der Waals surface area contributed by atoms with Crippen LogP contribution in [0.1, 0.15) is 12.5 Å². The predicted octanol–water partition coefficient (Wildman–Crippen LogP) is 4.06. The molecule has 5 heteroatoms. The number of nitrogens with one attached hydrogen (secondary N) is 1. The molecule has 0 bridgehead atoms. The number of thioether (sulfide) groups is 1. The molecule has 0 aliphatic carbocycles. The fourth-order valence-electron chi connectivity index (χ4n) is 1.77. The topological polar surface area (TPSA) is 52.9 Å². The minimum absolute atomic E-state index is 0.0795. The van der Waals surface area contributed by atoms with Crippen molar-refractivity contribution in [2.45, 2.75) is 11.8 Å². The summed E-state index contributed by atoms with van der Waals surface area (Å²) in [4.78, 5) is 13.2. The largest absolute Gasteiger partial charge is 0.326 e. The van der Waals surface area contributed by atoms with Gasteiger partial charge in [-0.2, -0.15) is 5.26 Å². The molecule has 1 atom stereocenters. The van der Waals surface area contributed by atoms with E-state index in [1.54, 1.807) is 17.8 Å². The summed E-state index contributed by atoms with van der Waals surface area (Å²) in [5, 5.41) is 11.5. The first kappa shape index (κ1) is 16.1. The van der Waals surface area contributed by atoms with Crippen LogP contribution in [0.4, 0.5) is 10.1 Å². The van der Waals surface area contributed by atoms with E-state index in [1.807, 2.05) is 37.3 Å². The zero-order chi connectivity index (χ0) is 15.9. The molecule has 3 nitrogen and oxygen atoms in total. The quantitative estimate of drug-likeness (QED) is 0.847. The minimum Gasteiger partial charge on any atom is -0.326 e. The molecule has 2 rings (SSSR count).